The molecule has 10 heteroatoms. The first-order chi connectivity index (χ1) is 15.6. The standard InChI is InChI=1S/C22H20FN7O2/c23-15-5-7-16(8-6-15)30-20(25-26-27-30)14-28-9-11-29(12-10-28)22(32)21(31)18-13-24-19-4-2-1-3-17(18)19/h1-8,13,24H,9-12,14H2. The minimum Gasteiger partial charge on any atom is -0.360 e. The van der Waals surface area contributed by atoms with Crippen LogP contribution in [0.5, 0.6) is 0 Å². The van der Waals surface area contributed by atoms with Crippen molar-refractivity contribution < 1.29 is 14.0 Å². The summed E-state index contributed by atoms with van der Waals surface area (Å²) >= 11 is 0. The van der Waals surface area contributed by atoms with Gasteiger partial charge in [-0.05, 0) is 40.8 Å². The zero-order chi connectivity index (χ0) is 22.1. The van der Waals surface area contributed by atoms with Gasteiger partial charge in [-0.25, -0.2) is 4.39 Å². The number of rotatable bonds is 5. The van der Waals surface area contributed by atoms with Crippen molar-refractivity contribution >= 4 is 22.6 Å². The molecule has 0 spiro atoms. The number of benzene rings is 2. The predicted octanol–water partition coefficient (Wildman–Crippen LogP) is 1.81. The van der Waals surface area contributed by atoms with E-state index in [1.165, 1.54) is 12.1 Å². The van der Waals surface area contributed by atoms with E-state index in [9.17, 15) is 14.0 Å². The van der Waals surface area contributed by atoms with Gasteiger partial charge in [0, 0.05) is 43.3 Å². The molecule has 0 atom stereocenters. The number of amides is 1. The smallest absolute Gasteiger partial charge is 0.295 e. The molecule has 4 aromatic rings. The number of hydrogen-bond acceptors (Lipinski definition) is 6. The number of aromatic nitrogens is 5. The van der Waals surface area contributed by atoms with E-state index in [-0.39, 0.29) is 5.82 Å². The number of Topliss-reactive ketones (excluding diaryl/α,β-unsaturated/α-hetero) is 1. The van der Waals surface area contributed by atoms with Crippen molar-refractivity contribution in [1.29, 1.82) is 0 Å². The molecule has 0 bridgehead atoms. The highest BCUT2D eigenvalue weighted by molar-refractivity contribution is 6.44. The first-order valence-electron chi connectivity index (χ1n) is 10.3. The lowest BCUT2D eigenvalue weighted by Gasteiger charge is -2.33. The molecule has 9 nitrogen and oxygen atoms in total. The molecule has 1 fully saturated rings. The number of fused-ring (bicyclic) bond motifs is 1. The molecule has 162 valence electrons. The van der Waals surface area contributed by atoms with Gasteiger partial charge in [0.2, 0.25) is 0 Å². The van der Waals surface area contributed by atoms with Crippen LogP contribution >= 0.6 is 0 Å². The molecule has 0 saturated carbocycles. The second kappa shape index (κ2) is 8.31. The predicted molar refractivity (Wildman–Crippen MR) is 114 cm³/mol. The van der Waals surface area contributed by atoms with Gasteiger partial charge in [-0.15, -0.1) is 5.10 Å². The van der Waals surface area contributed by atoms with Crippen LogP contribution in [-0.4, -0.2) is 72.9 Å². The van der Waals surface area contributed by atoms with Crippen molar-refractivity contribution in [3.63, 3.8) is 0 Å². The summed E-state index contributed by atoms with van der Waals surface area (Å²) in [5.74, 6) is -0.709. The topological polar surface area (TPSA) is 100 Å². The average molecular weight is 433 g/mol. The number of aromatic amines is 1. The van der Waals surface area contributed by atoms with Gasteiger partial charge in [0.25, 0.3) is 11.7 Å². The Morgan fingerprint density at radius 3 is 2.53 bits per heavy atom. The van der Waals surface area contributed by atoms with Gasteiger partial charge in [0.15, 0.2) is 5.82 Å². The van der Waals surface area contributed by atoms with E-state index < -0.39 is 11.7 Å². The number of piperazine rings is 1. The second-order valence-electron chi connectivity index (χ2n) is 7.63. The van der Waals surface area contributed by atoms with Crippen molar-refractivity contribution in [1.82, 2.24) is 35.0 Å². The van der Waals surface area contributed by atoms with Crippen LogP contribution in [0, 0.1) is 5.82 Å². The minimum absolute atomic E-state index is 0.327. The van der Waals surface area contributed by atoms with Crippen molar-refractivity contribution in [2.45, 2.75) is 6.54 Å². The van der Waals surface area contributed by atoms with Crippen LogP contribution < -0.4 is 0 Å². The molecule has 1 aliphatic heterocycles. The SMILES string of the molecule is O=C(C(=O)N1CCN(Cc2nnnn2-c2ccc(F)cc2)CC1)c1c[nH]c2ccccc12. The number of para-hydroxylation sites is 1. The summed E-state index contributed by atoms with van der Waals surface area (Å²) < 4.78 is 14.8. The highest BCUT2D eigenvalue weighted by Crippen LogP contribution is 2.19. The van der Waals surface area contributed by atoms with E-state index in [0.29, 0.717) is 49.8 Å². The average Bonchev–Trinajstić information content (AvgIpc) is 3.46. The fourth-order valence-corrected chi connectivity index (χ4v) is 3.91. The van der Waals surface area contributed by atoms with E-state index in [1.54, 1.807) is 27.9 Å². The number of halogens is 1. The molecule has 1 aliphatic rings. The van der Waals surface area contributed by atoms with Crippen LogP contribution in [0.1, 0.15) is 16.2 Å². The zero-order valence-electron chi connectivity index (χ0n) is 17.1. The molecule has 1 saturated heterocycles. The van der Waals surface area contributed by atoms with Gasteiger partial charge < -0.3 is 9.88 Å². The first kappa shape index (κ1) is 20.0. The lowest BCUT2D eigenvalue weighted by atomic mass is 10.1. The molecule has 0 radical (unpaired) electrons. The van der Waals surface area contributed by atoms with Crippen molar-refractivity contribution in [2.24, 2.45) is 0 Å². The van der Waals surface area contributed by atoms with E-state index in [2.05, 4.69) is 25.4 Å². The van der Waals surface area contributed by atoms with Gasteiger partial charge in [-0.1, -0.05) is 18.2 Å². The molecule has 1 amide bonds. The Labute approximate surface area is 182 Å². The molecule has 3 heterocycles. The molecule has 32 heavy (non-hydrogen) atoms. The minimum atomic E-state index is -0.504. The summed E-state index contributed by atoms with van der Waals surface area (Å²) in [7, 11) is 0. The number of tetrazole rings is 1. The van der Waals surface area contributed by atoms with Crippen molar-refractivity contribution in [3.8, 4) is 5.69 Å². The highest BCUT2D eigenvalue weighted by Gasteiger charge is 2.29. The Hall–Kier alpha value is -3.92. The number of nitrogens with one attached hydrogen (secondary N) is 1. The molecule has 5 rings (SSSR count). The second-order valence-corrected chi connectivity index (χ2v) is 7.63. The maximum absolute atomic E-state index is 13.2. The third-order valence-electron chi connectivity index (χ3n) is 5.66. The summed E-state index contributed by atoms with van der Waals surface area (Å²) in [6.07, 6.45) is 1.59. The fourth-order valence-electron chi connectivity index (χ4n) is 3.91. The maximum atomic E-state index is 13.2. The normalized spacial score (nSPS) is 14.7. The number of nitrogens with zero attached hydrogens (tertiary/aromatic N) is 6. The number of hydrogen-bond donors (Lipinski definition) is 1. The van der Waals surface area contributed by atoms with E-state index in [4.69, 9.17) is 0 Å². The quantitative estimate of drug-likeness (QED) is 0.381. The van der Waals surface area contributed by atoms with Crippen molar-refractivity contribution in [3.05, 3.63) is 71.9 Å². The Balaban J connectivity index is 1.22. The van der Waals surface area contributed by atoms with E-state index in [1.807, 2.05) is 24.3 Å². The largest absolute Gasteiger partial charge is 0.360 e. The first-order valence-corrected chi connectivity index (χ1v) is 10.3. The zero-order valence-corrected chi connectivity index (χ0v) is 17.1. The molecule has 0 unspecified atom stereocenters. The van der Waals surface area contributed by atoms with Crippen LogP contribution in [0.2, 0.25) is 0 Å². The summed E-state index contributed by atoms with van der Waals surface area (Å²) in [5, 5.41) is 12.6. The Morgan fingerprint density at radius 1 is 1.00 bits per heavy atom. The van der Waals surface area contributed by atoms with Crippen LogP contribution in [-0.2, 0) is 11.3 Å². The Morgan fingerprint density at radius 2 is 1.75 bits per heavy atom. The third-order valence-corrected chi connectivity index (χ3v) is 5.66. The summed E-state index contributed by atoms with van der Waals surface area (Å²) in [5.41, 5.74) is 1.89. The number of carbonyl (C=O) groups is 2. The molecule has 1 N–H and O–H groups in total. The fraction of sp³-hybridized carbons (Fsp3) is 0.227. The maximum Gasteiger partial charge on any atom is 0.295 e. The Bertz CT molecular complexity index is 1270. The van der Waals surface area contributed by atoms with E-state index in [0.717, 1.165) is 10.9 Å². The van der Waals surface area contributed by atoms with Crippen LogP contribution in [0.25, 0.3) is 16.6 Å². The lowest BCUT2D eigenvalue weighted by molar-refractivity contribution is -0.128. The van der Waals surface area contributed by atoms with E-state index >= 15 is 0 Å². The summed E-state index contributed by atoms with van der Waals surface area (Å²) in [6, 6.07) is 13.4. The van der Waals surface area contributed by atoms with Crippen LogP contribution in [0.4, 0.5) is 4.39 Å². The van der Waals surface area contributed by atoms with Crippen LogP contribution in [0.3, 0.4) is 0 Å². The molecular formula is C22H20FN7O2. The summed E-state index contributed by atoms with van der Waals surface area (Å²) in [4.78, 5) is 32.4. The van der Waals surface area contributed by atoms with Gasteiger partial charge in [0.05, 0.1) is 17.8 Å². The number of ketones is 1. The molecule has 2 aromatic carbocycles. The molecule has 0 aliphatic carbocycles. The number of carbonyl (C=O) groups excluding carboxylic acids is 2. The van der Waals surface area contributed by atoms with Gasteiger partial charge in [0.1, 0.15) is 5.82 Å². The Kier molecular flexibility index (Phi) is 5.20. The molecule has 2 aromatic heterocycles. The van der Waals surface area contributed by atoms with Gasteiger partial charge >= 0.3 is 0 Å². The highest BCUT2D eigenvalue weighted by atomic mass is 19.1. The molecular weight excluding hydrogens is 413 g/mol. The summed E-state index contributed by atoms with van der Waals surface area (Å²) in [6.45, 7) is 2.52. The third kappa shape index (κ3) is 3.76. The van der Waals surface area contributed by atoms with Gasteiger partial charge in [-0.3, -0.25) is 14.5 Å². The monoisotopic (exact) mass is 433 g/mol. The number of H-pyrrole nitrogens is 1. The van der Waals surface area contributed by atoms with Crippen molar-refractivity contribution in [2.75, 3.05) is 26.2 Å². The van der Waals surface area contributed by atoms with Gasteiger partial charge in [-0.2, -0.15) is 4.68 Å². The van der Waals surface area contributed by atoms with Crippen LogP contribution in [0.15, 0.2) is 54.7 Å². The lowest BCUT2D eigenvalue weighted by Crippen LogP contribution is -2.50.